The van der Waals surface area contributed by atoms with Crippen molar-refractivity contribution in [2.45, 2.75) is 57.0 Å². The molecule has 0 aromatic rings. The molecular formula is C15H25N3O3. The molecule has 0 aromatic carbocycles. The van der Waals surface area contributed by atoms with Crippen LogP contribution >= 0.6 is 0 Å². The largest absolute Gasteiger partial charge is 0.341 e. The number of hydrogen-bond acceptors (Lipinski definition) is 3. The molecule has 2 aliphatic rings. The van der Waals surface area contributed by atoms with Gasteiger partial charge in [-0.25, -0.2) is 4.79 Å². The maximum atomic E-state index is 12.8. The highest BCUT2D eigenvalue weighted by molar-refractivity contribution is 5.89. The van der Waals surface area contributed by atoms with Gasteiger partial charge in [0.15, 0.2) is 0 Å². The zero-order valence-electron chi connectivity index (χ0n) is 12.6. The van der Waals surface area contributed by atoms with Crippen molar-refractivity contribution in [1.29, 1.82) is 0 Å². The molecule has 6 nitrogen and oxygen atoms in total. The standard InChI is InChI=1S/C15H25N3O3/c1-16-15(21)17-13(11-6-3-2-4-7-11)14(20)18-9-5-8-12(18)10-19/h10-13H,2-9H2,1H3,(H2,16,17,21). The lowest BCUT2D eigenvalue weighted by molar-refractivity contribution is -0.137. The van der Waals surface area contributed by atoms with Gasteiger partial charge in [-0.1, -0.05) is 19.3 Å². The molecule has 2 fully saturated rings. The van der Waals surface area contributed by atoms with E-state index in [0.717, 1.165) is 44.8 Å². The van der Waals surface area contributed by atoms with Crippen LogP contribution in [0.15, 0.2) is 0 Å². The minimum atomic E-state index is -0.509. The number of likely N-dealkylation sites (tertiary alicyclic amines) is 1. The van der Waals surface area contributed by atoms with Crippen LogP contribution in [0.2, 0.25) is 0 Å². The minimum absolute atomic E-state index is 0.0971. The zero-order valence-corrected chi connectivity index (χ0v) is 12.6. The highest BCUT2D eigenvalue weighted by atomic mass is 16.2. The van der Waals surface area contributed by atoms with Gasteiger partial charge in [0.2, 0.25) is 5.91 Å². The lowest BCUT2D eigenvalue weighted by Gasteiger charge is -2.33. The summed E-state index contributed by atoms with van der Waals surface area (Å²) >= 11 is 0. The molecule has 1 aliphatic heterocycles. The van der Waals surface area contributed by atoms with E-state index in [4.69, 9.17) is 0 Å². The smallest absolute Gasteiger partial charge is 0.315 e. The number of amides is 3. The van der Waals surface area contributed by atoms with Crippen molar-refractivity contribution in [3.63, 3.8) is 0 Å². The number of rotatable bonds is 4. The predicted octanol–water partition coefficient (Wildman–Crippen LogP) is 1.05. The van der Waals surface area contributed by atoms with Crippen LogP contribution in [0.4, 0.5) is 4.79 Å². The van der Waals surface area contributed by atoms with E-state index in [-0.39, 0.29) is 23.9 Å². The highest BCUT2D eigenvalue weighted by Gasteiger charge is 2.37. The number of aldehydes is 1. The average Bonchev–Trinajstić information content (AvgIpc) is 3.01. The monoisotopic (exact) mass is 295 g/mol. The predicted molar refractivity (Wildman–Crippen MR) is 78.8 cm³/mol. The number of nitrogens with zero attached hydrogens (tertiary/aromatic N) is 1. The molecule has 6 heteroatoms. The van der Waals surface area contributed by atoms with Crippen molar-refractivity contribution in [3.8, 4) is 0 Å². The van der Waals surface area contributed by atoms with Crippen molar-refractivity contribution in [2.24, 2.45) is 5.92 Å². The molecule has 0 radical (unpaired) electrons. The third-order valence-corrected chi connectivity index (χ3v) is 4.64. The summed E-state index contributed by atoms with van der Waals surface area (Å²) in [5.74, 6) is 0.0801. The van der Waals surface area contributed by atoms with Crippen LogP contribution in [-0.4, -0.2) is 48.8 Å². The molecule has 3 amide bonds. The van der Waals surface area contributed by atoms with Crippen molar-refractivity contribution in [1.82, 2.24) is 15.5 Å². The summed E-state index contributed by atoms with van der Waals surface area (Å²) in [5, 5.41) is 5.32. The fourth-order valence-corrected chi connectivity index (χ4v) is 3.45. The molecular weight excluding hydrogens is 270 g/mol. The second kappa shape index (κ2) is 7.43. The molecule has 0 spiro atoms. The topological polar surface area (TPSA) is 78.5 Å². The van der Waals surface area contributed by atoms with E-state index in [1.165, 1.54) is 6.42 Å². The van der Waals surface area contributed by atoms with Gasteiger partial charge >= 0.3 is 6.03 Å². The third-order valence-electron chi connectivity index (χ3n) is 4.64. The van der Waals surface area contributed by atoms with Crippen molar-refractivity contribution >= 4 is 18.2 Å². The van der Waals surface area contributed by atoms with Crippen molar-refractivity contribution < 1.29 is 14.4 Å². The number of urea groups is 1. The second-order valence-electron chi connectivity index (χ2n) is 5.98. The first-order valence-electron chi connectivity index (χ1n) is 7.91. The Kier molecular flexibility index (Phi) is 5.59. The van der Waals surface area contributed by atoms with Crippen molar-refractivity contribution in [3.05, 3.63) is 0 Å². The molecule has 2 atom stereocenters. The summed E-state index contributed by atoms with van der Waals surface area (Å²) in [6.45, 7) is 0.612. The Balaban J connectivity index is 2.10. The Bertz CT molecular complexity index is 394. The molecule has 2 rings (SSSR count). The van der Waals surface area contributed by atoms with Gasteiger partial charge in [-0.05, 0) is 31.6 Å². The molecule has 21 heavy (non-hydrogen) atoms. The fraction of sp³-hybridized carbons (Fsp3) is 0.800. The maximum absolute atomic E-state index is 12.8. The van der Waals surface area contributed by atoms with E-state index in [1.807, 2.05) is 0 Å². The van der Waals surface area contributed by atoms with Gasteiger partial charge < -0.3 is 20.3 Å². The van der Waals surface area contributed by atoms with Crippen molar-refractivity contribution in [2.75, 3.05) is 13.6 Å². The van der Waals surface area contributed by atoms with E-state index in [1.54, 1.807) is 11.9 Å². The van der Waals surface area contributed by atoms with E-state index < -0.39 is 6.04 Å². The minimum Gasteiger partial charge on any atom is -0.341 e. The number of carbonyl (C=O) groups excluding carboxylic acids is 3. The van der Waals surface area contributed by atoms with Crippen LogP contribution < -0.4 is 10.6 Å². The Labute approximate surface area is 125 Å². The lowest BCUT2D eigenvalue weighted by atomic mass is 9.83. The first kappa shape index (κ1) is 15.8. The van der Waals surface area contributed by atoms with Gasteiger partial charge in [0.25, 0.3) is 0 Å². The van der Waals surface area contributed by atoms with Gasteiger partial charge in [-0.15, -0.1) is 0 Å². The molecule has 1 heterocycles. The number of nitrogens with one attached hydrogen (secondary N) is 2. The van der Waals surface area contributed by atoms with Crippen LogP contribution in [0.5, 0.6) is 0 Å². The van der Waals surface area contributed by atoms with Crippen LogP contribution in [0.1, 0.15) is 44.9 Å². The molecule has 1 saturated heterocycles. The summed E-state index contributed by atoms with van der Waals surface area (Å²) in [4.78, 5) is 37.2. The fourth-order valence-electron chi connectivity index (χ4n) is 3.45. The van der Waals surface area contributed by atoms with Gasteiger partial charge in [-0.3, -0.25) is 4.79 Å². The first-order chi connectivity index (χ1) is 10.2. The molecule has 0 aromatic heterocycles. The molecule has 2 unspecified atom stereocenters. The second-order valence-corrected chi connectivity index (χ2v) is 5.98. The molecule has 118 valence electrons. The van der Waals surface area contributed by atoms with Gasteiger partial charge in [0, 0.05) is 13.6 Å². The molecule has 1 saturated carbocycles. The van der Waals surface area contributed by atoms with Crippen LogP contribution in [0.3, 0.4) is 0 Å². The normalized spacial score (nSPS) is 24.4. The van der Waals surface area contributed by atoms with Crippen LogP contribution in [0.25, 0.3) is 0 Å². The molecule has 0 bridgehead atoms. The van der Waals surface area contributed by atoms with Gasteiger partial charge in [0.05, 0.1) is 6.04 Å². The summed E-state index contributed by atoms with van der Waals surface area (Å²) in [7, 11) is 1.54. The summed E-state index contributed by atoms with van der Waals surface area (Å²) in [6.07, 6.45) is 7.74. The van der Waals surface area contributed by atoms with E-state index in [0.29, 0.717) is 6.54 Å². The van der Waals surface area contributed by atoms with Gasteiger partial charge in [-0.2, -0.15) is 0 Å². The highest BCUT2D eigenvalue weighted by Crippen LogP contribution is 2.28. The Hall–Kier alpha value is -1.59. The van der Waals surface area contributed by atoms with Gasteiger partial charge in [0.1, 0.15) is 12.3 Å². The van der Waals surface area contributed by atoms with Crippen LogP contribution in [-0.2, 0) is 9.59 Å². The number of carbonyl (C=O) groups is 3. The Morgan fingerprint density at radius 3 is 2.48 bits per heavy atom. The zero-order chi connectivity index (χ0) is 15.2. The van der Waals surface area contributed by atoms with E-state index in [2.05, 4.69) is 10.6 Å². The SMILES string of the molecule is CNC(=O)NC(C(=O)N1CCCC1C=O)C1CCCCC1. The number of hydrogen-bond donors (Lipinski definition) is 2. The van der Waals surface area contributed by atoms with E-state index in [9.17, 15) is 14.4 Å². The third kappa shape index (κ3) is 3.74. The summed E-state index contributed by atoms with van der Waals surface area (Å²) in [5.41, 5.74) is 0. The Morgan fingerprint density at radius 2 is 1.86 bits per heavy atom. The maximum Gasteiger partial charge on any atom is 0.315 e. The van der Waals surface area contributed by atoms with Crippen LogP contribution in [0, 0.1) is 5.92 Å². The van der Waals surface area contributed by atoms with E-state index >= 15 is 0 Å². The lowest BCUT2D eigenvalue weighted by Crippen LogP contribution is -2.55. The average molecular weight is 295 g/mol. The Morgan fingerprint density at radius 1 is 1.14 bits per heavy atom. The molecule has 1 aliphatic carbocycles. The first-order valence-corrected chi connectivity index (χ1v) is 7.91. The quantitative estimate of drug-likeness (QED) is 0.761. The summed E-state index contributed by atoms with van der Waals surface area (Å²) < 4.78 is 0. The molecule has 2 N–H and O–H groups in total. The summed E-state index contributed by atoms with van der Waals surface area (Å²) in [6, 6.07) is -1.17.